The Morgan fingerprint density at radius 3 is 1.88 bits per heavy atom. The highest BCUT2D eigenvalue weighted by Gasteiger charge is 2.42. The highest BCUT2D eigenvalue weighted by Crippen LogP contribution is 2.31. The van der Waals surface area contributed by atoms with Gasteiger partial charge < -0.3 is 9.84 Å². The highest BCUT2D eigenvalue weighted by molar-refractivity contribution is 5.73. The molecule has 1 N–H and O–H groups in total. The van der Waals surface area contributed by atoms with Crippen molar-refractivity contribution in [2.75, 3.05) is 0 Å². The van der Waals surface area contributed by atoms with Crippen LogP contribution < -0.4 is 4.74 Å². The first-order chi connectivity index (χ1) is 7.63. The number of rotatable bonds is 3. The van der Waals surface area contributed by atoms with Gasteiger partial charge in [0.2, 0.25) is 0 Å². The largest absolute Gasteiger partial charge is 0.501 e. The first-order valence-corrected chi connectivity index (χ1v) is 4.10. The summed E-state index contributed by atoms with van der Waals surface area (Å²) < 4.78 is 65.1. The maximum atomic E-state index is 12.5. The quantitative estimate of drug-likeness (QED) is 0.846. The number of aliphatic carboxylic acids is 1. The van der Waals surface area contributed by atoms with Gasteiger partial charge in [-0.2, -0.15) is 22.0 Å². The number of alkyl halides is 5. The Bertz CT molecular complexity index is 410. The SMILES string of the molecule is O=C(O)C(F)(F)Oc1ccc(C(F)(F)F)cc1. The first-order valence-electron chi connectivity index (χ1n) is 4.10. The van der Waals surface area contributed by atoms with Crippen molar-refractivity contribution in [2.45, 2.75) is 12.3 Å². The molecule has 0 unspecified atom stereocenters. The molecule has 0 aromatic heterocycles. The van der Waals surface area contributed by atoms with E-state index in [9.17, 15) is 26.7 Å². The van der Waals surface area contributed by atoms with Gasteiger partial charge >= 0.3 is 18.3 Å². The van der Waals surface area contributed by atoms with Crippen LogP contribution in [0.4, 0.5) is 22.0 Å². The lowest BCUT2D eigenvalue weighted by molar-refractivity contribution is -0.210. The second-order valence-electron chi connectivity index (χ2n) is 2.95. The van der Waals surface area contributed by atoms with E-state index in [1.54, 1.807) is 0 Å². The first kappa shape index (κ1) is 13.2. The summed E-state index contributed by atoms with van der Waals surface area (Å²) in [6.07, 6.45) is -9.09. The second-order valence-corrected chi connectivity index (χ2v) is 2.95. The van der Waals surface area contributed by atoms with Crippen molar-refractivity contribution in [1.29, 1.82) is 0 Å². The fourth-order valence-electron chi connectivity index (χ4n) is 0.904. The minimum atomic E-state index is -4.60. The zero-order chi connectivity index (χ0) is 13.3. The summed E-state index contributed by atoms with van der Waals surface area (Å²) >= 11 is 0. The maximum Gasteiger partial charge on any atom is 0.501 e. The van der Waals surface area contributed by atoms with E-state index in [1.807, 2.05) is 0 Å². The summed E-state index contributed by atoms with van der Waals surface area (Å²) in [5.41, 5.74) is -1.05. The summed E-state index contributed by atoms with van der Waals surface area (Å²) in [6, 6.07) is 2.24. The molecule has 0 heterocycles. The molecule has 0 amide bonds. The summed E-state index contributed by atoms with van der Waals surface area (Å²) in [5, 5.41) is 8.03. The Morgan fingerprint density at radius 2 is 1.53 bits per heavy atom. The molecule has 8 heteroatoms. The Kier molecular flexibility index (Phi) is 3.25. The van der Waals surface area contributed by atoms with Crippen LogP contribution in [0.1, 0.15) is 5.56 Å². The number of hydrogen-bond donors (Lipinski definition) is 1. The van der Waals surface area contributed by atoms with Crippen molar-refractivity contribution in [3.05, 3.63) is 29.8 Å². The van der Waals surface area contributed by atoms with Crippen LogP contribution in [-0.2, 0) is 11.0 Å². The van der Waals surface area contributed by atoms with Crippen molar-refractivity contribution in [2.24, 2.45) is 0 Å². The Balaban J connectivity index is 2.86. The van der Waals surface area contributed by atoms with E-state index in [2.05, 4.69) is 4.74 Å². The molecule has 0 aliphatic heterocycles. The normalized spacial score (nSPS) is 12.3. The Morgan fingerprint density at radius 1 is 1.06 bits per heavy atom. The summed E-state index contributed by atoms with van der Waals surface area (Å²) in [6.45, 7) is 0. The van der Waals surface area contributed by atoms with Crippen LogP contribution >= 0.6 is 0 Å². The fraction of sp³-hybridized carbons (Fsp3) is 0.222. The number of carboxylic acid groups (broad SMARTS) is 1. The molecule has 17 heavy (non-hydrogen) atoms. The standard InChI is InChI=1S/C9H5F5O3/c10-8(11,12)5-1-3-6(4-2-5)17-9(13,14)7(15)16/h1-4H,(H,15,16). The van der Waals surface area contributed by atoms with Gasteiger partial charge in [-0.15, -0.1) is 0 Å². The maximum absolute atomic E-state index is 12.5. The zero-order valence-electron chi connectivity index (χ0n) is 7.96. The average Bonchev–Trinajstić information content (AvgIpc) is 2.16. The fourth-order valence-corrected chi connectivity index (χ4v) is 0.904. The van der Waals surface area contributed by atoms with Gasteiger partial charge in [0.05, 0.1) is 5.56 Å². The molecule has 1 aromatic rings. The van der Waals surface area contributed by atoms with E-state index in [0.29, 0.717) is 24.3 Å². The lowest BCUT2D eigenvalue weighted by Crippen LogP contribution is -2.34. The van der Waals surface area contributed by atoms with Gasteiger partial charge in [0, 0.05) is 0 Å². The van der Waals surface area contributed by atoms with Crippen molar-refractivity contribution >= 4 is 5.97 Å². The third-order valence-corrected chi connectivity index (χ3v) is 1.68. The smallest absolute Gasteiger partial charge is 0.474 e. The number of halogens is 5. The van der Waals surface area contributed by atoms with Crippen LogP contribution in [0.3, 0.4) is 0 Å². The molecule has 0 radical (unpaired) electrons. The van der Waals surface area contributed by atoms with Crippen LogP contribution in [0.25, 0.3) is 0 Å². The molecule has 0 aliphatic rings. The Labute approximate surface area is 91.4 Å². The Hall–Kier alpha value is -1.86. The van der Waals surface area contributed by atoms with Crippen molar-refractivity contribution in [3.8, 4) is 5.75 Å². The second kappa shape index (κ2) is 4.19. The molecule has 0 aliphatic carbocycles. The summed E-state index contributed by atoms with van der Waals surface area (Å²) in [4.78, 5) is 10.00. The predicted octanol–water partition coefficient (Wildman–Crippen LogP) is 2.76. The van der Waals surface area contributed by atoms with Crippen LogP contribution in [0.5, 0.6) is 5.75 Å². The molecular formula is C9H5F5O3. The molecule has 1 rings (SSSR count). The van der Waals surface area contributed by atoms with Crippen molar-refractivity contribution < 1.29 is 36.6 Å². The minimum Gasteiger partial charge on any atom is -0.474 e. The van der Waals surface area contributed by atoms with E-state index in [0.717, 1.165) is 0 Å². The van der Waals surface area contributed by atoms with E-state index in [-0.39, 0.29) is 0 Å². The minimum absolute atomic E-state index is 0.507. The lowest BCUT2D eigenvalue weighted by Gasteiger charge is -2.13. The molecule has 0 fully saturated rings. The third kappa shape index (κ3) is 3.30. The number of hydrogen-bond acceptors (Lipinski definition) is 2. The molecule has 0 spiro atoms. The van der Waals surface area contributed by atoms with Gasteiger partial charge in [0.15, 0.2) is 0 Å². The van der Waals surface area contributed by atoms with E-state index in [1.165, 1.54) is 0 Å². The lowest BCUT2D eigenvalue weighted by atomic mass is 10.2. The van der Waals surface area contributed by atoms with Gasteiger partial charge in [0.1, 0.15) is 5.75 Å². The average molecular weight is 256 g/mol. The van der Waals surface area contributed by atoms with Gasteiger partial charge in [-0.1, -0.05) is 0 Å². The van der Waals surface area contributed by atoms with Crippen LogP contribution in [0, 0.1) is 0 Å². The van der Waals surface area contributed by atoms with Crippen LogP contribution in [0.15, 0.2) is 24.3 Å². The highest BCUT2D eigenvalue weighted by atomic mass is 19.4. The summed E-state index contributed by atoms with van der Waals surface area (Å²) in [5.74, 6) is -3.21. The number of carbonyl (C=O) groups is 1. The molecule has 3 nitrogen and oxygen atoms in total. The monoisotopic (exact) mass is 256 g/mol. The van der Waals surface area contributed by atoms with Gasteiger partial charge in [0.25, 0.3) is 0 Å². The number of ether oxygens (including phenoxy) is 1. The molecule has 94 valence electrons. The van der Waals surface area contributed by atoms with Crippen LogP contribution in [-0.4, -0.2) is 17.2 Å². The number of benzene rings is 1. The van der Waals surface area contributed by atoms with E-state index >= 15 is 0 Å². The summed E-state index contributed by atoms with van der Waals surface area (Å²) in [7, 11) is 0. The van der Waals surface area contributed by atoms with Gasteiger partial charge in [-0.05, 0) is 24.3 Å². The van der Waals surface area contributed by atoms with Crippen molar-refractivity contribution in [1.82, 2.24) is 0 Å². The van der Waals surface area contributed by atoms with E-state index in [4.69, 9.17) is 5.11 Å². The molecule has 1 aromatic carbocycles. The zero-order valence-corrected chi connectivity index (χ0v) is 7.96. The molecule has 0 saturated heterocycles. The van der Waals surface area contributed by atoms with E-state index < -0.39 is 29.6 Å². The topological polar surface area (TPSA) is 46.5 Å². The predicted molar refractivity (Wildman–Crippen MR) is 44.7 cm³/mol. The van der Waals surface area contributed by atoms with Crippen molar-refractivity contribution in [3.63, 3.8) is 0 Å². The molecule has 0 atom stereocenters. The van der Waals surface area contributed by atoms with Gasteiger partial charge in [-0.25, -0.2) is 4.79 Å². The molecule has 0 bridgehead atoms. The molecular weight excluding hydrogens is 251 g/mol. The number of carboxylic acids is 1. The van der Waals surface area contributed by atoms with Gasteiger partial charge in [-0.3, -0.25) is 0 Å². The third-order valence-electron chi connectivity index (χ3n) is 1.68. The van der Waals surface area contributed by atoms with Crippen LogP contribution in [0.2, 0.25) is 0 Å². The molecule has 0 saturated carbocycles.